The van der Waals surface area contributed by atoms with E-state index in [2.05, 4.69) is 10.6 Å². The summed E-state index contributed by atoms with van der Waals surface area (Å²) in [5.74, 6) is 0.0456. The van der Waals surface area contributed by atoms with Gasteiger partial charge in [0.05, 0.1) is 24.1 Å². The molecular weight excluding hydrogens is 338 g/mol. The van der Waals surface area contributed by atoms with Gasteiger partial charge in [0.25, 0.3) is 0 Å². The number of morpholine rings is 1. The van der Waals surface area contributed by atoms with E-state index in [4.69, 9.17) is 13.9 Å². The molecule has 2 aliphatic heterocycles. The summed E-state index contributed by atoms with van der Waals surface area (Å²) in [4.78, 5) is 26.1. The lowest BCUT2D eigenvalue weighted by molar-refractivity contribution is -0.910. The van der Waals surface area contributed by atoms with Crippen LogP contribution in [0.5, 0.6) is 0 Å². The Balaban J connectivity index is 1.93. The number of carbonyl (C=O) groups excluding carboxylic acids is 2. The lowest BCUT2D eigenvalue weighted by Crippen LogP contribution is -3.15. The van der Waals surface area contributed by atoms with Crippen molar-refractivity contribution >= 4 is 12.0 Å². The average Bonchev–Trinajstić information content (AvgIpc) is 3.07. The molecule has 1 fully saturated rings. The van der Waals surface area contributed by atoms with Crippen molar-refractivity contribution in [3.63, 3.8) is 0 Å². The van der Waals surface area contributed by atoms with E-state index in [1.807, 2.05) is 13.8 Å². The molecule has 3 heterocycles. The number of esters is 1. The molecule has 0 bridgehead atoms. The van der Waals surface area contributed by atoms with Gasteiger partial charge in [0.15, 0.2) is 0 Å². The van der Waals surface area contributed by atoms with Crippen LogP contribution in [0.4, 0.5) is 4.79 Å². The number of carbonyl (C=O) groups is 2. The summed E-state index contributed by atoms with van der Waals surface area (Å²) in [6, 6.07) is 2.44. The first kappa shape index (κ1) is 18.5. The largest absolute Gasteiger partial charge is 0.467 e. The predicted molar refractivity (Wildman–Crippen MR) is 92.3 cm³/mol. The van der Waals surface area contributed by atoms with Crippen LogP contribution in [-0.4, -0.2) is 50.4 Å². The van der Waals surface area contributed by atoms with Gasteiger partial charge in [-0.25, -0.2) is 9.59 Å². The monoisotopic (exact) mass is 364 g/mol. The van der Waals surface area contributed by atoms with Gasteiger partial charge in [-0.2, -0.15) is 0 Å². The summed E-state index contributed by atoms with van der Waals surface area (Å²) < 4.78 is 16.5. The molecule has 0 aliphatic carbocycles. The van der Waals surface area contributed by atoms with Crippen molar-refractivity contribution in [2.45, 2.75) is 39.0 Å². The van der Waals surface area contributed by atoms with Crippen LogP contribution < -0.4 is 15.5 Å². The van der Waals surface area contributed by atoms with Crippen LogP contribution in [0.15, 0.2) is 34.1 Å². The van der Waals surface area contributed by atoms with Crippen molar-refractivity contribution < 1.29 is 28.4 Å². The highest BCUT2D eigenvalue weighted by Gasteiger charge is 2.37. The number of furan rings is 1. The van der Waals surface area contributed by atoms with E-state index < -0.39 is 12.0 Å². The van der Waals surface area contributed by atoms with E-state index in [-0.39, 0.29) is 24.8 Å². The molecule has 8 nitrogen and oxygen atoms in total. The fraction of sp³-hybridized carbons (Fsp3) is 0.556. The molecule has 142 valence electrons. The van der Waals surface area contributed by atoms with Gasteiger partial charge in [-0.3, -0.25) is 0 Å². The second-order valence-corrected chi connectivity index (χ2v) is 6.75. The zero-order valence-corrected chi connectivity index (χ0v) is 15.3. The van der Waals surface area contributed by atoms with Crippen molar-refractivity contribution in [1.29, 1.82) is 0 Å². The van der Waals surface area contributed by atoms with Gasteiger partial charge >= 0.3 is 12.0 Å². The minimum atomic E-state index is -0.664. The van der Waals surface area contributed by atoms with Crippen LogP contribution in [0, 0.1) is 0 Å². The Morgan fingerprint density at radius 2 is 2.08 bits per heavy atom. The summed E-state index contributed by atoms with van der Waals surface area (Å²) in [7, 11) is 0. The summed E-state index contributed by atoms with van der Waals surface area (Å²) >= 11 is 0. The van der Waals surface area contributed by atoms with Gasteiger partial charge in [-0.15, -0.1) is 0 Å². The third-order valence-electron chi connectivity index (χ3n) is 4.52. The quantitative estimate of drug-likeness (QED) is 0.647. The molecule has 26 heavy (non-hydrogen) atoms. The molecular formula is C18H26N3O5+. The molecule has 1 saturated heterocycles. The Labute approximate surface area is 152 Å². The number of amides is 2. The first-order chi connectivity index (χ1) is 12.5. The Morgan fingerprint density at radius 1 is 1.35 bits per heavy atom. The molecule has 1 aromatic rings. The van der Waals surface area contributed by atoms with Crippen molar-refractivity contribution in [3.8, 4) is 0 Å². The van der Waals surface area contributed by atoms with Gasteiger partial charge in [-0.05, 0) is 32.9 Å². The van der Waals surface area contributed by atoms with Gasteiger partial charge in [0.2, 0.25) is 0 Å². The minimum absolute atomic E-state index is 0.124. The molecule has 0 aromatic carbocycles. The molecule has 0 radical (unpaired) electrons. The fourth-order valence-corrected chi connectivity index (χ4v) is 3.66. The molecule has 0 unspecified atom stereocenters. The predicted octanol–water partition coefficient (Wildman–Crippen LogP) is 0.143. The number of hydrogen-bond acceptors (Lipinski definition) is 5. The fourth-order valence-electron chi connectivity index (χ4n) is 3.66. The second-order valence-electron chi connectivity index (χ2n) is 6.75. The lowest BCUT2D eigenvalue weighted by atomic mass is 9.99. The van der Waals surface area contributed by atoms with Crippen LogP contribution >= 0.6 is 0 Å². The van der Waals surface area contributed by atoms with Crippen molar-refractivity contribution in [1.82, 2.24) is 10.6 Å². The number of nitrogens with one attached hydrogen (secondary N) is 3. The van der Waals surface area contributed by atoms with Crippen molar-refractivity contribution in [2.24, 2.45) is 0 Å². The zero-order chi connectivity index (χ0) is 18.7. The molecule has 3 N–H and O–H groups in total. The zero-order valence-electron chi connectivity index (χ0n) is 15.3. The third-order valence-corrected chi connectivity index (χ3v) is 4.52. The number of hydrogen-bond donors (Lipinski definition) is 3. The van der Waals surface area contributed by atoms with Gasteiger partial charge in [0.1, 0.15) is 43.6 Å². The normalized spacial score (nSPS) is 29.1. The van der Waals surface area contributed by atoms with Gasteiger partial charge in [-0.1, -0.05) is 0 Å². The van der Waals surface area contributed by atoms with Crippen LogP contribution in [0.3, 0.4) is 0 Å². The molecule has 2 amide bonds. The first-order valence-corrected chi connectivity index (χ1v) is 8.98. The second kappa shape index (κ2) is 7.92. The Hall–Kier alpha value is -2.32. The van der Waals surface area contributed by atoms with E-state index in [0.29, 0.717) is 23.6 Å². The van der Waals surface area contributed by atoms with E-state index in [1.165, 1.54) is 11.2 Å². The maximum absolute atomic E-state index is 12.6. The topological polar surface area (TPSA) is 94.2 Å². The molecule has 8 heteroatoms. The maximum atomic E-state index is 12.6. The first-order valence-electron chi connectivity index (χ1n) is 8.98. The highest BCUT2D eigenvalue weighted by molar-refractivity contribution is 5.95. The van der Waals surface area contributed by atoms with Crippen LogP contribution in [0.1, 0.15) is 32.6 Å². The van der Waals surface area contributed by atoms with Crippen molar-refractivity contribution in [3.05, 3.63) is 35.4 Å². The van der Waals surface area contributed by atoms with E-state index in [1.54, 1.807) is 19.1 Å². The Morgan fingerprint density at radius 3 is 2.69 bits per heavy atom. The van der Waals surface area contributed by atoms with E-state index in [9.17, 15) is 9.59 Å². The highest BCUT2D eigenvalue weighted by atomic mass is 16.5. The number of urea groups is 1. The standard InChI is InChI=1S/C18H25N3O5/c1-4-24-17(22)15-13(10-21-8-11(2)26-12(3)9-21)19-18(23)20-16(15)14-6-5-7-25-14/h5-7,11-12,16H,4,8-10H2,1-3H3,(H2,19,20,23)/p+1/t11-,12-,16+/m1/s1. The lowest BCUT2D eigenvalue weighted by Gasteiger charge is -2.34. The van der Waals surface area contributed by atoms with Gasteiger partial charge < -0.3 is 29.4 Å². The smallest absolute Gasteiger partial charge is 0.338 e. The minimum Gasteiger partial charge on any atom is -0.467 e. The van der Waals surface area contributed by atoms with E-state index in [0.717, 1.165) is 13.1 Å². The van der Waals surface area contributed by atoms with Crippen LogP contribution in [0.2, 0.25) is 0 Å². The number of rotatable bonds is 5. The molecule has 2 aliphatic rings. The van der Waals surface area contributed by atoms with Crippen LogP contribution in [-0.2, 0) is 14.3 Å². The highest BCUT2D eigenvalue weighted by Crippen LogP contribution is 2.27. The number of ether oxygens (including phenoxy) is 2. The third kappa shape index (κ3) is 4.08. The summed E-state index contributed by atoms with van der Waals surface area (Å²) in [6.45, 7) is 8.19. The van der Waals surface area contributed by atoms with Crippen molar-refractivity contribution in [2.75, 3.05) is 26.2 Å². The molecule has 3 atom stereocenters. The van der Waals surface area contributed by atoms with E-state index >= 15 is 0 Å². The SMILES string of the molecule is CCOC(=O)C1=C(C[NH+]2C[C@@H](C)O[C@H](C)C2)NC(=O)N[C@H]1c1ccco1. The molecule has 0 spiro atoms. The maximum Gasteiger partial charge on any atom is 0.338 e. The number of quaternary nitrogens is 1. The Bertz CT molecular complexity index is 675. The molecule has 0 saturated carbocycles. The average molecular weight is 364 g/mol. The summed E-state index contributed by atoms with van der Waals surface area (Å²) in [5, 5.41) is 5.56. The van der Waals surface area contributed by atoms with Gasteiger partial charge in [0, 0.05) is 0 Å². The summed E-state index contributed by atoms with van der Waals surface area (Å²) in [5.41, 5.74) is 0.964. The molecule has 3 rings (SSSR count). The Kier molecular flexibility index (Phi) is 5.63. The molecule has 1 aromatic heterocycles. The van der Waals surface area contributed by atoms with Crippen LogP contribution in [0.25, 0.3) is 0 Å². The summed E-state index contributed by atoms with van der Waals surface area (Å²) in [6.07, 6.45) is 1.76.